The standard InChI is InChI=1S/C22H28N2O5S/c1-16(20-6-4-5-7-21(20)29-3)23-22(25)17-12-14-24(15-13-17)30(26,27)19-10-8-18(28-2)9-11-19/h4-11,16-17H,12-15H2,1-3H3,(H,23,25)/t16-/m0/s1. The van der Waals surface area contributed by atoms with E-state index in [-0.39, 0.29) is 22.8 Å². The minimum atomic E-state index is -3.58. The quantitative estimate of drug-likeness (QED) is 0.727. The van der Waals surface area contributed by atoms with Crippen LogP contribution in [0, 0.1) is 5.92 Å². The molecular weight excluding hydrogens is 404 g/mol. The van der Waals surface area contributed by atoms with Crippen molar-refractivity contribution < 1.29 is 22.7 Å². The van der Waals surface area contributed by atoms with Crippen LogP contribution in [-0.4, -0.2) is 45.9 Å². The number of nitrogens with one attached hydrogen (secondary N) is 1. The van der Waals surface area contributed by atoms with Gasteiger partial charge in [0.05, 0.1) is 25.2 Å². The fourth-order valence-electron chi connectivity index (χ4n) is 3.69. The first-order chi connectivity index (χ1) is 14.4. The number of benzene rings is 2. The maximum absolute atomic E-state index is 12.9. The SMILES string of the molecule is COc1ccc(S(=O)(=O)N2CCC(C(=O)N[C@@H](C)c3ccccc3OC)CC2)cc1. The van der Waals surface area contributed by atoms with Crippen molar-refractivity contribution in [3.63, 3.8) is 0 Å². The summed E-state index contributed by atoms with van der Waals surface area (Å²) in [6, 6.07) is 13.7. The average molecular weight is 433 g/mol. The topological polar surface area (TPSA) is 84.9 Å². The molecule has 1 amide bonds. The molecule has 0 unspecified atom stereocenters. The predicted octanol–water partition coefficient (Wildman–Crippen LogP) is 2.98. The molecule has 162 valence electrons. The van der Waals surface area contributed by atoms with Crippen LogP contribution in [0.25, 0.3) is 0 Å². The average Bonchev–Trinajstić information content (AvgIpc) is 2.79. The second kappa shape index (κ2) is 9.49. The summed E-state index contributed by atoms with van der Waals surface area (Å²) in [7, 11) is -0.442. The molecule has 1 atom stereocenters. The smallest absolute Gasteiger partial charge is 0.243 e. The Morgan fingerprint density at radius 3 is 2.27 bits per heavy atom. The second-order valence-electron chi connectivity index (χ2n) is 7.33. The Morgan fingerprint density at radius 2 is 1.67 bits per heavy atom. The number of hydrogen-bond donors (Lipinski definition) is 1. The van der Waals surface area contributed by atoms with Crippen LogP contribution >= 0.6 is 0 Å². The third-order valence-electron chi connectivity index (χ3n) is 5.49. The summed E-state index contributed by atoms with van der Waals surface area (Å²) in [5.74, 6) is 1.05. The molecule has 1 aliphatic rings. The fourth-order valence-corrected chi connectivity index (χ4v) is 5.16. The summed E-state index contributed by atoms with van der Waals surface area (Å²) in [5.41, 5.74) is 0.910. The van der Waals surface area contributed by atoms with Gasteiger partial charge in [-0.1, -0.05) is 18.2 Å². The number of amides is 1. The molecule has 1 fully saturated rings. The Morgan fingerprint density at radius 1 is 1.03 bits per heavy atom. The lowest BCUT2D eigenvalue weighted by molar-refractivity contribution is -0.126. The van der Waals surface area contributed by atoms with Gasteiger partial charge >= 0.3 is 0 Å². The highest BCUT2D eigenvalue weighted by Crippen LogP contribution is 2.28. The number of rotatable bonds is 7. The van der Waals surface area contributed by atoms with Crippen molar-refractivity contribution >= 4 is 15.9 Å². The molecule has 0 bridgehead atoms. The molecule has 1 heterocycles. The van der Waals surface area contributed by atoms with Crippen LogP contribution < -0.4 is 14.8 Å². The van der Waals surface area contributed by atoms with Gasteiger partial charge in [-0.25, -0.2) is 8.42 Å². The molecule has 2 aromatic carbocycles. The van der Waals surface area contributed by atoms with E-state index in [0.717, 1.165) is 11.3 Å². The summed E-state index contributed by atoms with van der Waals surface area (Å²) in [6.07, 6.45) is 0.972. The number of para-hydroxylation sites is 1. The molecular formula is C22H28N2O5S. The molecule has 1 N–H and O–H groups in total. The van der Waals surface area contributed by atoms with Gasteiger partial charge in [0.15, 0.2) is 0 Å². The molecule has 2 aromatic rings. The van der Waals surface area contributed by atoms with Gasteiger partial charge in [-0.3, -0.25) is 4.79 Å². The van der Waals surface area contributed by atoms with Crippen LogP contribution in [0.4, 0.5) is 0 Å². The van der Waals surface area contributed by atoms with Crippen molar-refractivity contribution in [1.82, 2.24) is 9.62 Å². The lowest BCUT2D eigenvalue weighted by Crippen LogP contribution is -2.43. The van der Waals surface area contributed by atoms with Crippen LogP contribution in [0.2, 0.25) is 0 Å². The number of carbonyl (C=O) groups is 1. The second-order valence-corrected chi connectivity index (χ2v) is 9.26. The number of piperidine rings is 1. The summed E-state index contributed by atoms with van der Waals surface area (Å²) in [5, 5.41) is 3.04. The van der Waals surface area contributed by atoms with Crippen molar-refractivity contribution in [2.75, 3.05) is 27.3 Å². The molecule has 0 radical (unpaired) electrons. The van der Waals surface area contributed by atoms with Gasteiger partial charge in [-0.05, 0) is 50.1 Å². The van der Waals surface area contributed by atoms with E-state index in [4.69, 9.17) is 9.47 Å². The summed E-state index contributed by atoms with van der Waals surface area (Å²) >= 11 is 0. The van der Waals surface area contributed by atoms with Crippen molar-refractivity contribution in [3.8, 4) is 11.5 Å². The Kier molecular flexibility index (Phi) is 6.99. The number of ether oxygens (including phenoxy) is 2. The van der Waals surface area contributed by atoms with Gasteiger partial charge in [0.2, 0.25) is 15.9 Å². The van der Waals surface area contributed by atoms with E-state index in [2.05, 4.69) is 5.32 Å². The Labute approximate surface area is 178 Å². The molecule has 0 spiro atoms. The molecule has 8 heteroatoms. The van der Waals surface area contributed by atoms with Gasteiger partial charge in [0, 0.05) is 24.6 Å². The van der Waals surface area contributed by atoms with Crippen LogP contribution in [0.5, 0.6) is 11.5 Å². The number of carbonyl (C=O) groups excluding carboxylic acids is 1. The Balaban J connectivity index is 1.59. The summed E-state index contributed by atoms with van der Waals surface area (Å²) in [6.45, 7) is 2.55. The highest BCUT2D eigenvalue weighted by Gasteiger charge is 2.32. The molecule has 0 aromatic heterocycles. The molecule has 30 heavy (non-hydrogen) atoms. The van der Waals surface area contributed by atoms with Gasteiger partial charge < -0.3 is 14.8 Å². The number of hydrogen-bond acceptors (Lipinski definition) is 5. The normalized spacial score (nSPS) is 16.6. The van der Waals surface area contributed by atoms with E-state index in [1.165, 1.54) is 11.4 Å². The van der Waals surface area contributed by atoms with E-state index in [9.17, 15) is 13.2 Å². The zero-order valence-corrected chi connectivity index (χ0v) is 18.3. The van der Waals surface area contributed by atoms with Crippen LogP contribution in [-0.2, 0) is 14.8 Å². The molecule has 0 aliphatic carbocycles. The van der Waals surface area contributed by atoms with Crippen LogP contribution in [0.15, 0.2) is 53.4 Å². The molecule has 1 aliphatic heterocycles. The largest absolute Gasteiger partial charge is 0.497 e. The molecule has 7 nitrogen and oxygen atoms in total. The fraction of sp³-hybridized carbons (Fsp3) is 0.409. The zero-order valence-electron chi connectivity index (χ0n) is 17.5. The Hall–Kier alpha value is -2.58. The lowest BCUT2D eigenvalue weighted by Gasteiger charge is -2.31. The van der Waals surface area contributed by atoms with Crippen molar-refractivity contribution in [3.05, 3.63) is 54.1 Å². The highest BCUT2D eigenvalue weighted by molar-refractivity contribution is 7.89. The minimum absolute atomic E-state index is 0.0603. The van der Waals surface area contributed by atoms with Crippen molar-refractivity contribution in [2.24, 2.45) is 5.92 Å². The van der Waals surface area contributed by atoms with Crippen LogP contribution in [0.1, 0.15) is 31.4 Å². The number of methoxy groups -OCH3 is 2. The highest BCUT2D eigenvalue weighted by atomic mass is 32.2. The monoisotopic (exact) mass is 432 g/mol. The molecule has 1 saturated heterocycles. The van der Waals surface area contributed by atoms with E-state index in [1.54, 1.807) is 31.4 Å². The van der Waals surface area contributed by atoms with E-state index in [1.807, 2.05) is 31.2 Å². The Bertz CT molecular complexity index is 967. The lowest BCUT2D eigenvalue weighted by atomic mass is 9.96. The zero-order chi connectivity index (χ0) is 21.7. The van der Waals surface area contributed by atoms with Gasteiger partial charge in [0.25, 0.3) is 0 Å². The van der Waals surface area contributed by atoms with E-state index < -0.39 is 10.0 Å². The number of nitrogens with zero attached hydrogens (tertiary/aromatic N) is 1. The predicted molar refractivity (Wildman–Crippen MR) is 114 cm³/mol. The van der Waals surface area contributed by atoms with Gasteiger partial charge in [0.1, 0.15) is 11.5 Å². The van der Waals surface area contributed by atoms with Gasteiger partial charge in [-0.2, -0.15) is 4.31 Å². The maximum atomic E-state index is 12.9. The van der Waals surface area contributed by atoms with Crippen molar-refractivity contribution in [1.29, 1.82) is 0 Å². The number of sulfonamides is 1. The third-order valence-corrected chi connectivity index (χ3v) is 7.40. The first kappa shape index (κ1) is 22.1. The summed E-state index contributed by atoms with van der Waals surface area (Å²) in [4.78, 5) is 13.0. The molecule has 3 rings (SSSR count). The van der Waals surface area contributed by atoms with Crippen molar-refractivity contribution in [2.45, 2.75) is 30.7 Å². The maximum Gasteiger partial charge on any atom is 0.243 e. The first-order valence-electron chi connectivity index (χ1n) is 9.94. The van der Waals surface area contributed by atoms with E-state index >= 15 is 0 Å². The van der Waals surface area contributed by atoms with Gasteiger partial charge in [-0.15, -0.1) is 0 Å². The molecule has 0 saturated carbocycles. The summed E-state index contributed by atoms with van der Waals surface area (Å²) < 4.78 is 37.6. The van der Waals surface area contributed by atoms with E-state index in [0.29, 0.717) is 31.7 Å². The minimum Gasteiger partial charge on any atom is -0.497 e. The third kappa shape index (κ3) is 4.76. The van der Waals surface area contributed by atoms with Crippen LogP contribution in [0.3, 0.4) is 0 Å². The first-order valence-corrected chi connectivity index (χ1v) is 11.4.